The van der Waals surface area contributed by atoms with Gasteiger partial charge in [0.1, 0.15) is 0 Å². The molecule has 0 aromatic heterocycles. The molecule has 1 heterocycles. The van der Waals surface area contributed by atoms with Gasteiger partial charge in [0.25, 0.3) is 0 Å². The van der Waals surface area contributed by atoms with E-state index >= 15 is 0 Å². The number of amides is 2. The number of hydroxylamine groups is 2. The molecule has 0 aliphatic carbocycles. The van der Waals surface area contributed by atoms with Crippen LogP contribution in [-0.4, -0.2) is 24.0 Å². The van der Waals surface area contributed by atoms with Crippen LogP contribution in [0, 0.1) is 0 Å². The summed E-state index contributed by atoms with van der Waals surface area (Å²) < 4.78 is 0. The highest BCUT2D eigenvalue weighted by molar-refractivity contribution is 5.69. The van der Waals surface area contributed by atoms with Gasteiger partial charge in [-0.1, -0.05) is 0 Å². The number of carbonyl (C=O) groups excluding carboxylic acids is 2. The molecule has 0 spiro atoms. The molecule has 1 fully saturated rings. The van der Waals surface area contributed by atoms with E-state index in [1.54, 1.807) is 0 Å². The van der Waals surface area contributed by atoms with E-state index in [0.29, 0.717) is 0 Å². The van der Waals surface area contributed by atoms with E-state index < -0.39 is 12.2 Å². The van der Waals surface area contributed by atoms with Gasteiger partial charge in [-0.3, -0.25) is 0 Å². The van der Waals surface area contributed by atoms with Crippen LogP contribution in [0.1, 0.15) is 0 Å². The quantitative estimate of drug-likeness (QED) is 0.279. The van der Waals surface area contributed by atoms with E-state index in [1.807, 2.05) is 0 Å². The van der Waals surface area contributed by atoms with E-state index in [2.05, 4.69) is 20.3 Å². The highest BCUT2D eigenvalue weighted by Gasteiger charge is 2.29. The summed E-state index contributed by atoms with van der Waals surface area (Å²) in [6.07, 6.45) is -2.09. The van der Waals surface area contributed by atoms with Gasteiger partial charge >= 0.3 is 12.2 Å². The summed E-state index contributed by atoms with van der Waals surface area (Å²) in [6.45, 7) is 0.140. The molecule has 1 rings (SSSR count). The van der Waals surface area contributed by atoms with Gasteiger partial charge in [-0.2, -0.15) is 5.06 Å². The molecular weight excluding hydrogens is 144 g/mol. The van der Waals surface area contributed by atoms with Crippen LogP contribution in [0.15, 0.2) is 0 Å². The predicted octanol–water partition coefficient (Wildman–Crippen LogP) is -0.662. The number of hydrogen-bond acceptors (Lipinski definition) is 5. The summed E-state index contributed by atoms with van der Waals surface area (Å²) >= 11 is 0. The summed E-state index contributed by atoms with van der Waals surface area (Å²) in [5.41, 5.74) is 4.46. The van der Waals surface area contributed by atoms with Crippen molar-refractivity contribution in [3.05, 3.63) is 0 Å². The average Bonchev–Trinajstić information content (AvgIpc) is 2.63. The topological polar surface area (TPSA) is 94.2 Å². The van der Waals surface area contributed by atoms with Gasteiger partial charge in [0.15, 0.2) is 6.73 Å². The van der Waals surface area contributed by atoms with E-state index in [4.69, 9.17) is 0 Å². The van der Waals surface area contributed by atoms with Crippen molar-refractivity contribution >= 4 is 12.2 Å². The highest BCUT2D eigenvalue weighted by atomic mass is 17.2. The molecule has 0 bridgehead atoms. The minimum atomic E-state index is -1.18. The SMILES string of the molecule is NC(=O)OOC(=O)N1CO1. The van der Waals surface area contributed by atoms with Crippen molar-refractivity contribution in [1.82, 2.24) is 5.06 Å². The van der Waals surface area contributed by atoms with E-state index in [0.717, 1.165) is 5.06 Å². The molecule has 0 saturated carbocycles. The Labute approximate surface area is 55.1 Å². The highest BCUT2D eigenvalue weighted by Crippen LogP contribution is 2.08. The molecular formula is C3H4N2O5. The number of nitrogens with zero attached hydrogens (tertiary/aromatic N) is 1. The van der Waals surface area contributed by atoms with Gasteiger partial charge in [0.05, 0.1) is 0 Å². The number of rotatable bonds is 0. The van der Waals surface area contributed by atoms with E-state index in [9.17, 15) is 9.59 Å². The zero-order chi connectivity index (χ0) is 7.56. The Balaban J connectivity index is 2.12. The largest absolute Gasteiger partial charge is 0.478 e. The molecule has 1 aliphatic heterocycles. The molecule has 0 atom stereocenters. The standard InChI is InChI=1S/C3H4N2O5/c4-2(6)9-10-3(7)5-1-8-5/h1H2,(H2,4,6). The zero-order valence-electron chi connectivity index (χ0n) is 4.77. The molecule has 0 aromatic carbocycles. The second-order valence-corrected chi connectivity index (χ2v) is 1.39. The number of nitrogens with two attached hydrogens (primary N) is 1. The second-order valence-electron chi connectivity index (χ2n) is 1.39. The maximum absolute atomic E-state index is 10.4. The molecule has 1 aliphatic rings. The molecule has 56 valence electrons. The van der Waals surface area contributed by atoms with Gasteiger partial charge in [-0.05, 0) is 0 Å². The number of carbonyl (C=O) groups is 2. The van der Waals surface area contributed by atoms with Crippen molar-refractivity contribution in [3.63, 3.8) is 0 Å². The Bertz CT molecular complexity index is 164. The first-order valence-corrected chi connectivity index (χ1v) is 2.28. The van der Waals surface area contributed by atoms with Crippen molar-refractivity contribution in [2.24, 2.45) is 5.73 Å². The Morgan fingerprint density at radius 1 is 1.50 bits per heavy atom. The normalized spacial score (nSPS) is 14.2. The summed E-state index contributed by atoms with van der Waals surface area (Å²) in [4.78, 5) is 32.0. The van der Waals surface area contributed by atoms with Crippen LogP contribution in [-0.2, 0) is 14.6 Å². The Kier molecular flexibility index (Phi) is 1.59. The van der Waals surface area contributed by atoms with Crippen LogP contribution < -0.4 is 5.73 Å². The summed E-state index contributed by atoms with van der Waals surface area (Å²) in [7, 11) is 0. The lowest BCUT2D eigenvalue weighted by Gasteiger charge is -1.96. The summed E-state index contributed by atoms with van der Waals surface area (Å²) in [6, 6.07) is 0. The van der Waals surface area contributed by atoms with Crippen LogP contribution in [0.4, 0.5) is 9.59 Å². The fraction of sp³-hybridized carbons (Fsp3) is 0.333. The van der Waals surface area contributed by atoms with Crippen LogP contribution in [0.25, 0.3) is 0 Å². The molecule has 2 N–H and O–H groups in total. The van der Waals surface area contributed by atoms with Gasteiger partial charge in [0, 0.05) is 0 Å². The maximum atomic E-state index is 10.4. The van der Waals surface area contributed by atoms with Crippen molar-refractivity contribution in [2.45, 2.75) is 0 Å². The first kappa shape index (κ1) is 6.62. The third kappa shape index (κ3) is 1.78. The minimum Gasteiger partial charge on any atom is -0.332 e. The van der Waals surface area contributed by atoms with Gasteiger partial charge in [-0.15, -0.1) is 0 Å². The van der Waals surface area contributed by atoms with Crippen molar-refractivity contribution in [2.75, 3.05) is 6.73 Å². The minimum absolute atomic E-state index is 0.140. The van der Waals surface area contributed by atoms with Gasteiger partial charge < -0.3 is 5.73 Å². The molecule has 0 aromatic rings. The lowest BCUT2D eigenvalue weighted by Crippen LogP contribution is -2.19. The van der Waals surface area contributed by atoms with Crippen molar-refractivity contribution in [3.8, 4) is 0 Å². The lowest BCUT2D eigenvalue weighted by atomic mass is 11.1. The second kappa shape index (κ2) is 2.40. The van der Waals surface area contributed by atoms with Crippen LogP contribution in [0.3, 0.4) is 0 Å². The van der Waals surface area contributed by atoms with E-state index in [1.165, 1.54) is 0 Å². The molecule has 0 radical (unpaired) electrons. The van der Waals surface area contributed by atoms with Crippen LogP contribution in [0.2, 0.25) is 0 Å². The third-order valence-electron chi connectivity index (χ3n) is 0.657. The third-order valence-corrected chi connectivity index (χ3v) is 0.657. The smallest absolute Gasteiger partial charge is 0.332 e. The predicted molar refractivity (Wildman–Crippen MR) is 24.9 cm³/mol. The molecule has 0 unspecified atom stereocenters. The van der Waals surface area contributed by atoms with E-state index in [-0.39, 0.29) is 6.73 Å². The van der Waals surface area contributed by atoms with Crippen LogP contribution >= 0.6 is 0 Å². The summed E-state index contributed by atoms with van der Waals surface area (Å²) in [5, 5.41) is 0.836. The molecule has 10 heavy (non-hydrogen) atoms. The fourth-order valence-electron chi connectivity index (χ4n) is 0.253. The molecule has 1 saturated heterocycles. The lowest BCUT2D eigenvalue weighted by molar-refractivity contribution is -0.185. The first-order chi connectivity index (χ1) is 4.70. The number of hydrogen-bond donors (Lipinski definition) is 1. The first-order valence-electron chi connectivity index (χ1n) is 2.28. The summed E-state index contributed by atoms with van der Waals surface area (Å²) in [5.74, 6) is 0. The Morgan fingerprint density at radius 3 is 2.50 bits per heavy atom. The van der Waals surface area contributed by atoms with Gasteiger partial charge in [-0.25, -0.2) is 24.2 Å². The molecule has 2 amide bonds. The molecule has 7 nitrogen and oxygen atoms in total. The molecule has 7 heteroatoms. The van der Waals surface area contributed by atoms with Gasteiger partial charge in [0.2, 0.25) is 0 Å². The zero-order valence-corrected chi connectivity index (χ0v) is 4.77. The average molecular weight is 148 g/mol. The Hall–Kier alpha value is -1.50. The Morgan fingerprint density at radius 2 is 2.10 bits per heavy atom. The van der Waals surface area contributed by atoms with Crippen LogP contribution in [0.5, 0.6) is 0 Å². The van der Waals surface area contributed by atoms with Crippen molar-refractivity contribution < 1.29 is 24.2 Å². The monoisotopic (exact) mass is 148 g/mol. The fourth-order valence-corrected chi connectivity index (χ4v) is 0.253. The van der Waals surface area contributed by atoms with Crippen molar-refractivity contribution in [1.29, 1.82) is 0 Å². The number of primary amides is 1. The maximum Gasteiger partial charge on any atom is 0.478 e.